The number of ether oxygens (including phenoxy) is 4. The predicted molar refractivity (Wildman–Crippen MR) is 227 cm³/mol. The van der Waals surface area contributed by atoms with E-state index in [1.807, 2.05) is 34.7 Å². The van der Waals surface area contributed by atoms with E-state index >= 15 is 8.42 Å². The lowest BCUT2D eigenvalue weighted by molar-refractivity contribution is 0.0292. The number of benzene rings is 4. The van der Waals surface area contributed by atoms with Gasteiger partial charge in [-0.3, -0.25) is 0 Å². The van der Waals surface area contributed by atoms with Gasteiger partial charge in [0.05, 0.1) is 33.4 Å². The number of hydrogen-bond acceptors (Lipinski definition) is 12. The maximum atomic E-state index is 15.5. The van der Waals surface area contributed by atoms with Crippen molar-refractivity contribution < 1.29 is 40.6 Å². The molecule has 59 heavy (non-hydrogen) atoms. The SMILES string of the molecule is COc1ccc(CN(Cc2ccc(OC)cc2)S(=O)(=O)c2c(S(=O)(=O)N[C@@H]3CCN(C(=O)OC(C)(C)C)C3)ccc(I)c2-c2nnn(Cc3ccc(OC)cc3)n2)cc1. The van der Waals surface area contributed by atoms with Gasteiger partial charge in [0, 0.05) is 35.8 Å². The lowest BCUT2D eigenvalue weighted by Gasteiger charge is -2.26. The Labute approximate surface area is 358 Å². The predicted octanol–water partition coefficient (Wildman–Crippen LogP) is 5.70. The van der Waals surface area contributed by atoms with Crippen molar-refractivity contribution in [3.05, 3.63) is 105 Å². The summed E-state index contributed by atoms with van der Waals surface area (Å²) in [6.45, 7) is 5.41. The number of hydrogen-bond donors (Lipinski definition) is 1. The molecule has 2 heterocycles. The van der Waals surface area contributed by atoms with Gasteiger partial charge >= 0.3 is 6.09 Å². The molecule has 0 unspecified atom stereocenters. The van der Waals surface area contributed by atoms with Crippen molar-refractivity contribution in [3.63, 3.8) is 0 Å². The summed E-state index contributed by atoms with van der Waals surface area (Å²) in [7, 11) is -4.71. The minimum Gasteiger partial charge on any atom is -0.497 e. The van der Waals surface area contributed by atoms with E-state index in [-0.39, 0.29) is 50.5 Å². The number of aromatic nitrogens is 4. The molecule has 1 amide bonds. The maximum absolute atomic E-state index is 15.5. The smallest absolute Gasteiger partial charge is 0.410 e. The molecule has 1 fully saturated rings. The first-order chi connectivity index (χ1) is 28.0. The van der Waals surface area contributed by atoms with E-state index in [0.717, 1.165) is 5.56 Å². The molecule has 1 N–H and O–H groups in total. The Morgan fingerprint density at radius 3 is 1.85 bits per heavy atom. The number of tetrazole rings is 1. The van der Waals surface area contributed by atoms with Crippen molar-refractivity contribution >= 4 is 48.7 Å². The first-order valence-electron chi connectivity index (χ1n) is 18.5. The van der Waals surface area contributed by atoms with Crippen LogP contribution >= 0.6 is 22.6 Å². The number of likely N-dealkylation sites (tertiary alicyclic amines) is 1. The Bertz CT molecular complexity index is 2430. The van der Waals surface area contributed by atoms with Gasteiger partial charge in [-0.15, -0.1) is 10.2 Å². The second kappa shape index (κ2) is 18.2. The first kappa shape index (κ1) is 43.7. The molecule has 16 nitrogen and oxygen atoms in total. The van der Waals surface area contributed by atoms with Gasteiger partial charge in [0.15, 0.2) is 0 Å². The average molecular weight is 960 g/mol. The molecular weight excluding hydrogens is 914 g/mol. The van der Waals surface area contributed by atoms with Crippen LogP contribution in [0.5, 0.6) is 17.2 Å². The van der Waals surface area contributed by atoms with Gasteiger partial charge in [-0.25, -0.2) is 26.4 Å². The van der Waals surface area contributed by atoms with Gasteiger partial charge in [-0.2, -0.15) is 9.10 Å². The zero-order chi connectivity index (χ0) is 42.5. The summed E-state index contributed by atoms with van der Waals surface area (Å²) in [6.07, 6.45) is -0.296. The Hall–Kier alpha value is -4.83. The van der Waals surface area contributed by atoms with Gasteiger partial charge in [-0.1, -0.05) is 36.4 Å². The molecule has 19 heteroatoms. The summed E-state index contributed by atoms with van der Waals surface area (Å²) in [5.74, 6) is 1.74. The third-order valence-electron chi connectivity index (χ3n) is 9.32. The van der Waals surface area contributed by atoms with Crippen molar-refractivity contribution in [1.82, 2.24) is 34.1 Å². The van der Waals surface area contributed by atoms with Crippen molar-refractivity contribution in [2.24, 2.45) is 0 Å². The van der Waals surface area contributed by atoms with E-state index in [1.54, 1.807) is 88.5 Å². The minimum atomic E-state index is -4.75. The number of sulfonamides is 2. The largest absolute Gasteiger partial charge is 0.497 e. The number of nitrogens with zero attached hydrogens (tertiary/aromatic N) is 6. The summed E-state index contributed by atoms with van der Waals surface area (Å²) in [5, 5.41) is 13.1. The highest BCUT2D eigenvalue weighted by atomic mass is 127. The Morgan fingerprint density at radius 2 is 1.34 bits per heavy atom. The lowest BCUT2D eigenvalue weighted by Crippen LogP contribution is -2.41. The second-order valence-electron chi connectivity index (χ2n) is 14.7. The number of methoxy groups -OCH3 is 3. The summed E-state index contributed by atoms with van der Waals surface area (Å²) in [6, 6.07) is 23.1. The zero-order valence-electron chi connectivity index (χ0n) is 33.5. The standard InChI is InChI=1S/C40H46IN7O9S2/c1-40(2,3)57-39(49)46-22-21-30(26-46)44-58(50,51)35-20-19-34(41)36(38-42-45-48(43-38)25-29-11-17-33(56-6)18-12-29)37(35)59(52,53)47(23-27-7-13-31(54-4)14-8-27)24-28-9-15-32(55-5)16-10-28/h7-20,30,44H,21-26H2,1-6H3/t30-/m1/s1. The van der Waals surface area contributed by atoms with Crippen LogP contribution in [0.15, 0.2) is 94.7 Å². The number of carbonyl (C=O) groups excluding carboxylic acids is 1. The van der Waals surface area contributed by atoms with Crippen molar-refractivity contribution in [3.8, 4) is 28.6 Å². The maximum Gasteiger partial charge on any atom is 0.410 e. The van der Waals surface area contributed by atoms with Gasteiger partial charge in [0.2, 0.25) is 25.9 Å². The van der Waals surface area contributed by atoms with Crippen LogP contribution in [0.1, 0.15) is 43.9 Å². The van der Waals surface area contributed by atoms with Crippen molar-refractivity contribution in [2.45, 2.75) is 68.3 Å². The number of amides is 1. The van der Waals surface area contributed by atoms with E-state index in [1.165, 1.54) is 40.4 Å². The van der Waals surface area contributed by atoms with Crippen LogP contribution in [0.25, 0.3) is 11.4 Å². The van der Waals surface area contributed by atoms with Gasteiger partial charge in [0.1, 0.15) is 32.6 Å². The molecule has 1 aromatic heterocycles. The fourth-order valence-electron chi connectivity index (χ4n) is 6.38. The summed E-state index contributed by atoms with van der Waals surface area (Å²) >= 11 is 1.96. The fraction of sp³-hybridized carbons (Fsp3) is 0.350. The molecular formula is C40H46IN7O9S2. The van der Waals surface area contributed by atoms with Crippen LogP contribution in [-0.2, 0) is 44.4 Å². The number of carbonyl (C=O) groups is 1. The third kappa shape index (κ3) is 10.7. The monoisotopic (exact) mass is 959 g/mol. The summed E-state index contributed by atoms with van der Waals surface area (Å²) in [5.41, 5.74) is 1.28. The molecule has 4 aromatic carbocycles. The van der Waals surface area contributed by atoms with Crippen LogP contribution in [0.3, 0.4) is 0 Å². The van der Waals surface area contributed by atoms with Crippen LogP contribution in [-0.4, -0.2) is 98.4 Å². The first-order valence-corrected chi connectivity index (χ1v) is 22.5. The minimum absolute atomic E-state index is 0.0236. The van der Waals surface area contributed by atoms with E-state index in [0.29, 0.717) is 31.9 Å². The lowest BCUT2D eigenvalue weighted by atomic mass is 10.2. The Kier molecular flexibility index (Phi) is 13.5. The summed E-state index contributed by atoms with van der Waals surface area (Å²) < 4.78 is 85.9. The molecule has 1 saturated heterocycles. The highest BCUT2D eigenvalue weighted by Gasteiger charge is 2.39. The van der Waals surface area contributed by atoms with E-state index in [2.05, 4.69) is 20.1 Å². The van der Waals surface area contributed by atoms with Crippen molar-refractivity contribution in [2.75, 3.05) is 34.4 Å². The third-order valence-corrected chi connectivity index (χ3v) is 13.8. The Morgan fingerprint density at radius 1 is 0.814 bits per heavy atom. The molecule has 314 valence electrons. The van der Waals surface area contributed by atoms with Gasteiger partial charge < -0.3 is 23.8 Å². The molecule has 6 rings (SSSR count). The average Bonchev–Trinajstić information content (AvgIpc) is 3.87. The highest BCUT2D eigenvalue weighted by Crippen LogP contribution is 2.38. The van der Waals surface area contributed by atoms with Crippen molar-refractivity contribution in [1.29, 1.82) is 0 Å². The second-order valence-corrected chi connectivity index (χ2v) is 19.5. The van der Waals surface area contributed by atoms with E-state index in [4.69, 9.17) is 18.9 Å². The quantitative estimate of drug-likeness (QED) is 0.127. The van der Waals surface area contributed by atoms with E-state index in [9.17, 15) is 13.2 Å². The molecule has 0 bridgehead atoms. The molecule has 5 aromatic rings. The molecule has 0 aliphatic carbocycles. The Balaban J connectivity index is 1.46. The fourth-order valence-corrected chi connectivity index (χ4v) is 10.9. The molecule has 1 atom stereocenters. The zero-order valence-corrected chi connectivity index (χ0v) is 37.2. The molecule has 1 aliphatic heterocycles. The number of halogens is 1. The molecule has 1 aliphatic rings. The molecule has 0 saturated carbocycles. The molecule has 0 radical (unpaired) electrons. The van der Waals surface area contributed by atoms with E-state index < -0.39 is 47.6 Å². The van der Waals surface area contributed by atoms with Gasteiger partial charge in [-0.05, 0) is 120 Å². The van der Waals surface area contributed by atoms with Crippen LogP contribution in [0, 0.1) is 3.57 Å². The van der Waals surface area contributed by atoms with Crippen LogP contribution in [0.2, 0.25) is 0 Å². The summed E-state index contributed by atoms with van der Waals surface area (Å²) in [4.78, 5) is 14.6. The number of nitrogens with one attached hydrogen (secondary N) is 1. The van der Waals surface area contributed by atoms with Gasteiger partial charge in [0.25, 0.3) is 0 Å². The van der Waals surface area contributed by atoms with Crippen LogP contribution < -0.4 is 18.9 Å². The number of rotatable bonds is 15. The molecule has 0 spiro atoms. The topological polar surface area (TPSA) is 184 Å². The van der Waals surface area contributed by atoms with Crippen LogP contribution in [0.4, 0.5) is 4.79 Å². The highest BCUT2D eigenvalue weighted by molar-refractivity contribution is 14.1. The normalized spacial score (nSPS) is 14.7.